The Morgan fingerprint density at radius 3 is 2.36 bits per heavy atom. The molecule has 0 radical (unpaired) electrons. The summed E-state index contributed by atoms with van der Waals surface area (Å²) in [6.45, 7) is 14.5. The van der Waals surface area contributed by atoms with Gasteiger partial charge in [0.25, 0.3) is 0 Å². The zero-order chi connectivity index (χ0) is 30.8. The number of hydrogen-bond donors (Lipinski definition) is 0. The van der Waals surface area contributed by atoms with Crippen molar-refractivity contribution in [2.24, 2.45) is 5.92 Å². The molecule has 42 heavy (non-hydrogen) atoms. The van der Waals surface area contributed by atoms with E-state index in [1.807, 2.05) is 50.6 Å². The minimum Gasteiger partial charge on any atom is -0.481 e. The number of rotatable bonds is 12. The molecule has 4 rings (SSSR count). The van der Waals surface area contributed by atoms with E-state index in [9.17, 15) is 9.36 Å². The summed E-state index contributed by atoms with van der Waals surface area (Å²) in [5.74, 6) is 0.575. The molecule has 226 valence electrons. The fourth-order valence-corrected chi connectivity index (χ4v) is 7.18. The van der Waals surface area contributed by atoms with Crippen molar-refractivity contribution < 1.29 is 23.2 Å². The topological polar surface area (TPSA) is 68.7 Å². The highest BCUT2D eigenvalue weighted by Gasteiger charge is 2.35. The maximum atomic E-state index is 15.1. The van der Waals surface area contributed by atoms with E-state index < -0.39 is 18.9 Å². The Kier molecular flexibility index (Phi) is 9.95. The molecule has 1 aromatic heterocycles. The van der Waals surface area contributed by atoms with Gasteiger partial charge in [0.05, 0.1) is 26.0 Å². The molecule has 3 aromatic rings. The Morgan fingerprint density at radius 1 is 1.07 bits per heavy atom. The Hall–Kier alpha value is -3.02. The van der Waals surface area contributed by atoms with Crippen LogP contribution in [0.1, 0.15) is 73.5 Å². The molecule has 0 unspecified atom stereocenters. The van der Waals surface area contributed by atoms with Crippen molar-refractivity contribution >= 4 is 13.1 Å². The van der Waals surface area contributed by atoms with Gasteiger partial charge >= 0.3 is 5.97 Å². The van der Waals surface area contributed by atoms with Crippen LogP contribution < -0.4 is 9.47 Å². The highest BCUT2D eigenvalue weighted by molar-refractivity contribution is 7.62. The fourth-order valence-electron chi connectivity index (χ4n) is 5.72. The van der Waals surface area contributed by atoms with E-state index in [-0.39, 0.29) is 18.0 Å². The molecule has 1 fully saturated rings. The first-order chi connectivity index (χ1) is 19.8. The van der Waals surface area contributed by atoms with Crippen LogP contribution in [0.4, 0.5) is 4.39 Å². The number of nitrogens with zero attached hydrogens (tertiary/aromatic N) is 2. The molecule has 0 N–H and O–H groups in total. The smallest absolute Gasteiger partial charge is 0.343 e. The molecule has 1 aliphatic rings. The third-order valence-corrected chi connectivity index (χ3v) is 9.28. The summed E-state index contributed by atoms with van der Waals surface area (Å²) in [5.41, 5.74) is 4.04. The third-order valence-electron chi connectivity index (χ3n) is 8.00. The molecule has 6 nitrogen and oxygen atoms in total. The van der Waals surface area contributed by atoms with Crippen LogP contribution in [0.2, 0.25) is 0 Å². The molecule has 0 aliphatic heterocycles. The van der Waals surface area contributed by atoms with E-state index in [0.717, 1.165) is 30.2 Å². The molecule has 1 saturated carbocycles. The molecule has 0 amide bonds. The lowest BCUT2D eigenvalue weighted by atomic mass is 9.93. The van der Waals surface area contributed by atoms with Crippen LogP contribution in [-0.2, 0) is 11.1 Å². The number of hydrogen-bond acceptors (Lipinski definition) is 6. The zero-order valence-corrected chi connectivity index (χ0v) is 27.0. The molecular weight excluding hydrogens is 550 g/mol. The van der Waals surface area contributed by atoms with Gasteiger partial charge in [-0.1, -0.05) is 18.2 Å². The van der Waals surface area contributed by atoms with Crippen LogP contribution in [0.3, 0.4) is 0 Å². The van der Waals surface area contributed by atoms with E-state index in [1.54, 1.807) is 12.1 Å². The number of aryl methyl sites for hydroxylation is 1. The number of carbonyl (C=O) groups excluding carboxylic acids is 1. The molecule has 0 bridgehead atoms. The van der Waals surface area contributed by atoms with Gasteiger partial charge in [-0.3, -0.25) is 4.90 Å². The number of esters is 1. The average molecular weight is 595 g/mol. The molecule has 1 aliphatic carbocycles. The Morgan fingerprint density at radius 2 is 1.76 bits per heavy atom. The predicted molar refractivity (Wildman–Crippen MR) is 168 cm³/mol. The molecule has 1 heterocycles. The maximum Gasteiger partial charge on any atom is 0.343 e. The quantitative estimate of drug-likeness (QED) is 0.120. The number of benzene rings is 2. The second kappa shape index (κ2) is 13.1. The summed E-state index contributed by atoms with van der Waals surface area (Å²) in [6.07, 6.45) is 4.08. The fraction of sp³-hybridized carbons (Fsp3) is 0.471. The zero-order valence-electron chi connectivity index (χ0n) is 26.1. The summed E-state index contributed by atoms with van der Waals surface area (Å²) in [6, 6.07) is 13.4. The lowest BCUT2D eigenvalue weighted by molar-refractivity contribution is 0.0733. The molecule has 1 atom stereocenters. The number of pyridine rings is 1. The van der Waals surface area contributed by atoms with Gasteiger partial charge in [0.1, 0.15) is 11.6 Å². The van der Waals surface area contributed by atoms with Crippen molar-refractivity contribution in [1.82, 2.24) is 9.88 Å². The minimum atomic E-state index is -2.22. The SMILES string of the molecule is COc1cc(-c2cc(C)c(C(=O)Oc3cccc([C@@H](CP(C)(C)=O)C4CC4)c3)cc2CN(C(C)C)C(C)C)c(F)cn1. The van der Waals surface area contributed by atoms with Crippen molar-refractivity contribution in [3.8, 4) is 22.8 Å². The molecule has 0 spiro atoms. The second-order valence-electron chi connectivity index (χ2n) is 12.6. The van der Waals surface area contributed by atoms with Gasteiger partial charge in [-0.05, 0) is 113 Å². The summed E-state index contributed by atoms with van der Waals surface area (Å²) in [4.78, 5) is 19.9. The first-order valence-corrected chi connectivity index (χ1v) is 17.5. The molecular formula is C34H44FN2O4P. The van der Waals surface area contributed by atoms with E-state index in [0.29, 0.717) is 52.5 Å². The van der Waals surface area contributed by atoms with Crippen LogP contribution >= 0.6 is 7.14 Å². The average Bonchev–Trinajstić information content (AvgIpc) is 3.76. The van der Waals surface area contributed by atoms with Gasteiger partial charge in [0.15, 0.2) is 0 Å². The maximum absolute atomic E-state index is 15.1. The Bertz CT molecular complexity index is 1470. The van der Waals surface area contributed by atoms with Gasteiger partial charge in [-0.15, -0.1) is 0 Å². The van der Waals surface area contributed by atoms with E-state index in [4.69, 9.17) is 9.47 Å². The van der Waals surface area contributed by atoms with Crippen molar-refractivity contribution in [1.29, 1.82) is 0 Å². The minimum absolute atomic E-state index is 0.197. The summed E-state index contributed by atoms with van der Waals surface area (Å²) >= 11 is 0. The largest absolute Gasteiger partial charge is 0.481 e. The van der Waals surface area contributed by atoms with E-state index in [2.05, 4.69) is 37.6 Å². The third kappa shape index (κ3) is 7.87. The second-order valence-corrected chi connectivity index (χ2v) is 16.1. The van der Waals surface area contributed by atoms with Gasteiger partial charge in [-0.25, -0.2) is 14.2 Å². The number of methoxy groups -OCH3 is 1. The van der Waals surface area contributed by atoms with Crippen LogP contribution in [0.5, 0.6) is 11.6 Å². The number of halogens is 1. The first kappa shape index (κ1) is 31.9. The van der Waals surface area contributed by atoms with Crippen molar-refractivity contribution in [3.05, 3.63) is 76.7 Å². The number of aromatic nitrogens is 1. The summed E-state index contributed by atoms with van der Waals surface area (Å²) in [7, 11) is -0.720. The molecule has 2 aromatic carbocycles. The Balaban J connectivity index is 1.71. The highest BCUT2D eigenvalue weighted by atomic mass is 31.2. The Labute approximate surface area is 250 Å². The molecule has 8 heteroatoms. The predicted octanol–water partition coefficient (Wildman–Crippen LogP) is 8.16. The summed E-state index contributed by atoms with van der Waals surface area (Å²) < 4.78 is 39.0. The van der Waals surface area contributed by atoms with E-state index >= 15 is 4.39 Å². The first-order valence-electron chi connectivity index (χ1n) is 14.7. The van der Waals surface area contributed by atoms with Crippen molar-refractivity contribution in [2.45, 2.75) is 72.0 Å². The van der Waals surface area contributed by atoms with Gasteiger partial charge < -0.3 is 14.0 Å². The van der Waals surface area contributed by atoms with Crippen molar-refractivity contribution in [2.75, 3.05) is 26.6 Å². The molecule has 0 saturated heterocycles. The van der Waals surface area contributed by atoms with Gasteiger partial charge in [-0.2, -0.15) is 0 Å². The van der Waals surface area contributed by atoms with Crippen LogP contribution in [0.25, 0.3) is 11.1 Å². The van der Waals surface area contributed by atoms with Crippen LogP contribution in [0.15, 0.2) is 48.7 Å². The lowest BCUT2D eigenvalue weighted by Crippen LogP contribution is -2.36. The normalized spacial score (nSPS) is 14.5. The number of carbonyl (C=O) groups is 1. The van der Waals surface area contributed by atoms with Crippen LogP contribution in [0, 0.1) is 18.7 Å². The van der Waals surface area contributed by atoms with Crippen molar-refractivity contribution in [3.63, 3.8) is 0 Å². The highest BCUT2D eigenvalue weighted by Crippen LogP contribution is 2.51. The number of ether oxygens (including phenoxy) is 2. The van der Waals surface area contributed by atoms with Crippen LogP contribution in [-0.4, -0.2) is 54.5 Å². The van der Waals surface area contributed by atoms with E-state index in [1.165, 1.54) is 7.11 Å². The monoisotopic (exact) mass is 594 g/mol. The van der Waals surface area contributed by atoms with Gasteiger partial charge in [0.2, 0.25) is 5.88 Å². The summed E-state index contributed by atoms with van der Waals surface area (Å²) in [5, 5.41) is 0. The standard InChI is InChI=1S/C34H44FN2O4P/c1-21(2)37(22(3)4)19-26-16-28(23(5)14-29(26)30-17-33(40-6)36-18-32(30)35)34(38)41-27-11-9-10-25(15-27)31(24-12-13-24)20-42(7,8)39/h9-11,14-18,21-22,24,31H,12-13,19-20H2,1-8H3/t31-/m0/s1. The van der Waals surface area contributed by atoms with Gasteiger partial charge in [0, 0.05) is 36.4 Å². The lowest BCUT2D eigenvalue weighted by Gasteiger charge is -2.31.